The Hall–Kier alpha value is -2.65. The minimum Gasteiger partial charge on any atom is -0.363 e. The molecule has 0 radical (unpaired) electrons. The summed E-state index contributed by atoms with van der Waals surface area (Å²) in [6, 6.07) is 5.46. The van der Waals surface area contributed by atoms with E-state index in [4.69, 9.17) is 5.73 Å². The summed E-state index contributed by atoms with van der Waals surface area (Å²) in [5.74, 6) is 4.31. The van der Waals surface area contributed by atoms with Crippen molar-refractivity contribution < 1.29 is 13.7 Å². The third kappa shape index (κ3) is 3.18. The lowest BCUT2D eigenvalue weighted by molar-refractivity contribution is 0.102. The van der Waals surface area contributed by atoms with Crippen molar-refractivity contribution in [3.8, 4) is 11.8 Å². The highest BCUT2D eigenvalue weighted by Crippen LogP contribution is 2.12. The second-order valence-corrected chi connectivity index (χ2v) is 3.54. The number of carbonyl (C=O) groups is 1. The molecule has 2 rings (SSSR count). The van der Waals surface area contributed by atoms with Gasteiger partial charge in [-0.15, -0.1) is 0 Å². The highest BCUT2D eigenvalue weighted by molar-refractivity contribution is 6.04. The molecule has 0 aliphatic carbocycles. The van der Waals surface area contributed by atoms with E-state index in [0.717, 1.165) is 0 Å². The maximum absolute atomic E-state index is 13.6. The van der Waals surface area contributed by atoms with Crippen molar-refractivity contribution in [1.29, 1.82) is 0 Å². The Kier molecular flexibility index (Phi) is 3.90. The van der Waals surface area contributed by atoms with Gasteiger partial charge in [-0.2, -0.15) is 0 Å². The lowest BCUT2D eigenvalue weighted by Crippen LogP contribution is -2.14. The Labute approximate surface area is 108 Å². The largest absolute Gasteiger partial charge is 0.363 e. The molecule has 0 bridgehead atoms. The van der Waals surface area contributed by atoms with Gasteiger partial charge in [-0.05, 0) is 18.2 Å². The molecule has 6 heteroatoms. The van der Waals surface area contributed by atoms with Gasteiger partial charge in [0.1, 0.15) is 12.1 Å². The van der Waals surface area contributed by atoms with Crippen LogP contribution in [0.4, 0.5) is 10.2 Å². The van der Waals surface area contributed by atoms with Crippen molar-refractivity contribution in [2.45, 2.75) is 0 Å². The summed E-state index contributed by atoms with van der Waals surface area (Å²) in [5, 5.41) is 5.92. The number of anilines is 1. The average Bonchev–Trinajstić information content (AvgIpc) is 2.90. The van der Waals surface area contributed by atoms with Gasteiger partial charge in [0.05, 0.1) is 12.1 Å². The molecule has 0 atom stereocenters. The molecule has 0 saturated heterocycles. The van der Waals surface area contributed by atoms with Crippen LogP contribution < -0.4 is 11.1 Å². The first-order valence-corrected chi connectivity index (χ1v) is 5.41. The minimum atomic E-state index is -0.640. The molecular weight excluding hydrogens is 249 g/mol. The van der Waals surface area contributed by atoms with Crippen LogP contribution in [0, 0.1) is 17.7 Å². The second-order valence-electron chi connectivity index (χ2n) is 3.54. The SMILES string of the molecule is NCC#Cc1ccc(F)c(C(=O)Nc2ccon2)c1. The van der Waals surface area contributed by atoms with Crippen LogP contribution in [-0.4, -0.2) is 17.6 Å². The smallest absolute Gasteiger partial charge is 0.259 e. The predicted octanol–water partition coefficient (Wildman–Crippen LogP) is 1.38. The van der Waals surface area contributed by atoms with Crippen LogP contribution >= 0.6 is 0 Å². The lowest BCUT2D eigenvalue weighted by atomic mass is 10.1. The number of carbonyl (C=O) groups excluding carboxylic acids is 1. The number of halogens is 1. The number of hydrogen-bond acceptors (Lipinski definition) is 4. The Bertz CT molecular complexity index is 642. The number of nitrogens with two attached hydrogens (primary N) is 1. The molecule has 0 unspecified atom stereocenters. The molecule has 96 valence electrons. The fourth-order valence-corrected chi connectivity index (χ4v) is 1.39. The molecular formula is C13H10FN3O2. The van der Waals surface area contributed by atoms with E-state index in [1.54, 1.807) is 0 Å². The highest BCUT2D eigenvalue weighted by Gasteiger charge is 2.13. The fraction of sp³-hybridized carbons (Fsp3) is 0.0769. The second kappa shape index (κ2) is 5.80. The van der Waals surface area contributed by atoms with Crippen LogP contribution in [0.2, 0.25) is 0 Å². The Morgan fingerprint density at radius 1 is 1.47 bits per heavy atom. The number of benzene rings is 1. The summed E-state index contributed by atoms with van der Waals surface area (Å²) in [5.41, 5.74) is 5.64. The highest BCUT2D eigenvalue weighted by atomic mass is 19.1. The third-order valence-corrected chi connectivity index (χ3v) is 2.23. The first-order valence-electron chi connectivity index (χ1n) is 5.41. The summed E-state index contributed by atoms with van der Waals surface area (Å²) in [6.07, 6.45) is 1.30. The molecule has 1 heterocycles. The summed E-state index contributed by atoms with van der Waals surface area (Å²) < 4.78 is 18.2. The van der Waals surface area contributed by atoms with E-state index in [2.05, 4.69) is 26.8 Å². The number of nitrogens with one attached hydrogen (secondary N) is 1. The topological polar surface area (TPSA) is 81.2 Å². The standard InChI is InChI=1S/C13H10FN3O2/c14-11-4-3-9(2-1-6-15)8-10(11)13(18)16-12-5-7-19-17-12/h3-5,7-8H,6,15H2,(H,16,17,18). The van der Waals surface area contributed by atoms with E-state index in [-0.39, 0.29) is 17.9 Å². The maximum atomic E-state index is 13.6. The summed E-state index contributed by atoms with van der Waals surface area (Å²) in [7, 11) is 0. The van der Waals surface area contributed by atoms with Gasteiger partial charge in [0, 0.05) is 11.6 Å². The molecule has 3 N–H and O–H groups in total. The third-order valence-electron chi connectivity index (χ3n) is 2.23. The van der Waals surface area contributed by atoms with Crippen LogP contribution in [0.25, 0.3) is 0 Å². The molecule has 0 aliphatic rings. The van der Waals surface area contributed by atoms with Gasteiger partial charge in [-0.25, -0.2) is 4.39 Å². The quantitative estimate of drug-likeness (QED) is 0.798. The molecule has 0 fully saturated rings. The van der Waals surface area contributed by atoms with Crippen molar-refractivity contribution in [3.63, 3.8) is 0 Å². The van der Waals surface area contributed by atoms with E-state index in [1.807, 2.05) is 0 Å². The van der Waals surface area contributed by atoms with Gasteiger partial charge < -0.3 is 15.6 Å². The Morgan fingerprint density at radius 3 is 3.00 bits per heavy atom. The molecule has 1 aromatic carbocycles. The van der Waals surface area contributed by atoms with Crippen LogP contribution in [0.5, 0.6) is 0 Å². The van der Waals surface area contributed by atoms with Crippen LogP contribution in [0.1, 0.15) is 15.9 Å². The van der Waals surface area contributed by atoms with E-state index >= 15 is 0 Å². The van der Waals surface area contributed by atoms with Crippen LogP contribution in [-0.2, 0) is 0 Å². The lowest BCUT2D eigenvalue weighted by Gasteiger charge is -2.03. The summed E-state index contributed by atoms with van der Waals surface area (Å²) in [6.45, 7) is 0.192. The zero-order valence-electron chi connectivity index (χ0n) is 9.81. The van der Waals surface area contributed by atoms with Crippen LogP contribution in [0.3, 0.4) is 0 Å². The predicted molar refractivity (Wildman–Crippen MR) is 66.8 cm³/mol. The van der Waals surface area contributed by atoms with Crippen molar-refractivity contribution in [1.82, 2.24) is 5.16 Å². The number of nitrogens with zero attached hydrogens (tertiary/aromatic N) is 1. The van der Waals surface area contributed by atoms with Gasteiger partial charge in [0.15, 0.2) is 5.82 Å². The van der Waals surface area contributed by atoms with Crippen molar-refractivity contribution in [2.24, 2.45) is 5.73 Å². The molecule has 0 spiro atoms. The zero-order valence-corrected chi connectivity index (χ0v) is 9.81. The molecule has 0 saturated carbocycles. The van der Waals surface area contributed by atoms with Gasteiger partial charge in [0.25, 0.3) is 5.91 Å². The average molecular weight is 259 g/mol. The minimum absolute atomic E-state index is 0.119. The zero-order chi connectivity index (χ0) is 13.7. The first kappa shape index (κ1) is 12.8. The number of aromatic nitrogens is 1. The van der Waals surface area contributed by atoms with Gasteiger partial charge in [-0.1, -0.05) is 17.0 Å². The molecule has 0 aliphatic heterocycles. The molecule has 1 amide bonds. The Balaban J connectivity index is 2.25. The van der Waals surface area contributed by atoms with Crippen LogP contribution in [0.15, 0.2) is 35.1 Å². The number of rotatable bonds is 2. The monoisotopic (exact) mass is 259 g/mol. The van der Waals surface area contributed by atoms with E-state index in [1.165, 1.54) is 30.5 Å². The first-order chi connectivity index (χ1) is 9.20. The molecule has 5 nitrogen and oxygen atoms in total. The normalized spacial score (nSPS) is 9.58. The summed E-state index contributed by atoms with van der Waals surface area (Å²) >= 11 is 0. The van der Waals surface area contributed by atoms with E-state index in [0.29, 0.717) is 5.56 Å². The van der Waals surface area contributed by atoms with Crippen molar-refractivity contribution in [2.75, 3.05) is 11.9 Å². The van der Waals surface area contributed by atoms with Gasteiger partial charge in [0.2, 0.25) is 0 Å². The number of hydrogen-bond donors (Lipinski definition) is 2. The molecule has 19 heavy (non-hydrogen) atoms. The number of amides is 1. The fourth-order valence-electron chi connectivity index (χ4n) is 1.39. The summed E-state index contributed by atoms with van der Waals surface area (Å²) in [4.78, 5) is 11.9. The molecule has 2 aromatic rings. The van der Waals surface area contributed by atoms with Gasteiger partial charge >= 0.3 is 0 Å². The molecule has 1 aromatic heterocycles. The van der Waals surface area contributed by atoms with Crippen molar-refractivity contribution in [3.05, 3.63) is 47.5 Å². The van der Waals surface area contributed by atoms with E-state index < -0.39 is 11.7 Å². The van der Waals surface area contributed by atoms with Gasteiger partial charge in [-0.3, -0.25) is 4.79 Å². The van der Waals surface area contributed by atoms with E-state index in [9.17, 15) is 9.18 Å². The maximum Gasteiger partial charge on any atom is 0.259 e. The van der Waals surface area contributed by atoms with Crippen molar-refractivity contribution >= 4 is 11.7 Å². The Morgan fingerprint density at radius 2 is 2.32 bits per heavy atom.